The van der Waals surface area contributed by atoms with Crippen LogP contribution < -0.4 is 5.32 Å². The lowest BCUT2D eigenvalue weighted by Gasteiger charge is -2.08. The Morgan fingerprint density at radius 2 is 1.95 bits per heavy atom. The Morgan fingerprint density at radius 1 is 1.19 bits per heavy atom. The van der Waals surface area contributed by atoms with Crippen molar-refractivity contribution in [3.05, 3.63) is 65.2 Å². The number of amides is 1. The Hall–Kier alpha value is -2.71. The van der Waals surface area contributed by atoms with Crippen LogP contribution in [0, 0.1) is 23.5 Å². The Balaban J connectivity index is 2.30. The average Bonchev–Trinajstić information content (AvgIpc) is 2.48. The average molecular weight is 287 g/mol. The summed E-state index contributed by atoms with van der Waals surface area (Å²) in [5, 5.41) is 11.2. The van der Waals surface area contributed by atoms with E-state index in [9.17, 15) is 13.6 Å². The molecule has 3 nitrogen and oxygen atoms in total. The van der Waals surface area contributed by atoms with E-state index in [2.05, 4.69) is 17.2 Å². The van der Waals surface area contributed by atoms with Crippen molar-refractivity contribution >= 4 is 11.6 Å². The van der Waals surface area contributed by atoms with Gasteiger partial charge in [-0.3, -0.25) is 4.79 Å². The van der Waals surface area contributed by atoms with Gasteiger partial charge < -0.3 is 10.4 Å². The van der Waals surface area contributed by atoms with Crippen LogP contribution in [0.3, 0.4) is 0 Å². The van der Waals surface area contributed by atoms with Gasteiger partial charge in [-0.15, -0.1) is 0 Å². The van der Waals surface area contributed by atoms with E-state index in [1.54, 1.807) is 24.3 Å². The second-order valence-corrected chi connectivity index (χ2v) is 4.08. The summed E-state index contributed by atoms with van der Waals surface area (Å²) in [6, 6.07) is 9.25. The predicted molar refractivity (Wildman–Crippen MR) is 74.7 cm³/mol. The lowest BCUT2D eigenvalue weighted by Crippen LogP contribution is -2.15. The molecule has 0 aromatic heterocycles. The van der Waals surface area contributed by atoms with Gasteiger partial charge in [0.2, 0.25) is 0 Å². The van der Waals surface area contributed by atoms with E-state index in [0.29, 0.717) is 11.3 Å². The highest BCUT2D eigenvalue weighted by Crippen LogP contribution is 2.17. The molecule has 0 aliphatic carbocycles. The van der Waals surface area contributed by atoms with E-state index < -0.39 is 17.5 Å². The summed E-state index contributed by atoms with van der Waals surface area (Å²) in [6.45, 7) is -0.319. The second-order valence-electron chi connectivity index (χ2n) is 4.08. The lowest BCUT2D eigenvalue weighted by molar-refractivity contribution is 0.102. The van der Waals surface area contributed by atoms with Crippen LogP contribution in [-0.4, -0.2) is 17.6 Å². The number of para-hydroxylation sites is 1. The number of carbonyl (C=O) groups is 1. The second kappa shape index (κ2) is 6.64. The predicted octanol–water partition coefficient (Wildman–Crippen LogP) is 2.56. The molecule has 0 atom stereocenters. The maximum atomic E-state index is 13.5. The van der Waals surface area contributed by atoms with Crippen molar-refractivity contribution < 1.29 is 18.7 Å². The van der Waals surface area contributed by atoms with Gasteiger partial charge in [0.15, 0.2) is 0 Å². The number of hydrogen-bond acceptors (Lipinski definition) is 2. The number of anilines is 1. The van der Waals surface area contributed by atoms with E-state index in [0.717, 1.165) is 18.2 Å². The molecule has 0 fully saturated rings. The van der Waals surface area contributed by atoms with Gasteiger partial charge in [-0.2, -0.15) is 0 Å². The van der Waals surface area contributed by atoms with Gasteiger partial charge in [0.25, 0.3) is 5.91 Å². The van der Waals surface area contributed by atoms with Crippen molar-refractivity contribution in [2.24, 2.45) is 0 Å². The summed E-state index contributed by atoms with van der Waals surface area (Å²) in [4.78, 5) is 12.0. The largest absolute Gasteiger partial charge is 0.384 e. The van der Waals surface area contributed by atoms with Crippen LogP contribution in [0.25, 0.3) is 0 Å². The molecule has 0 saturated heterocycles. The molecule has 0 bridgehead atoms. The number of rotatable bonds is 2. The third-order valence-corrected chi connectivity index (χ3v) is 2.65. The topological polar surface area (TPSA) is 49.3 Å². The van der Waals surface area contributed by atoms with Crippen molar-refractivity contribution in [1.29, 1.82) is 0 Å². The SMILES string of the molecule is O=C(Nc1ccccc1C#CCO)c1cc(F)ccc1F. The summed E-state index contributed by atoms with van der Waals surface area (Å²) in [5.74, 6) is 2.84. The quantitative estimate of drug-likeness (QED) is 0.834. The Morgan fingerprint density at radius 3 is 2.71 bits per heavy atom. The normalized spacial score (nSPS) is 9.67. The number of halogens is 2. The molecule has 0 saturated carbocycles. The molecule has 2 N–H and O–H groups in total. The van der Waals surface area contributed by atoms with E-state index in [1.165, 1.54) is 0 Å². The third kappa shape index (κ3) is 3.65. The molecule has 2 aromatic rings. The van der Waals surface area contributed by atoms with Gasteiger partial charge in [-0.05, 0) is 30.3 Å². The number of nitrogens with one attached hydrogen (secondary N) is 1. The maximum Gasteiger partial charge on any atom is 0.258 e. The van der Waals surface area contributed by atoms with Crippen LogP contribution in [0.2, 0.25) is 0 Å². The molecule has 0 aliphatic heterocycles. The zero-order chi connectivity index (χ0) is 15.2. The van der Waals surface area contributed by atoms with E-state index in [4.69, 9.17) is 5.11 Å². The standard InChI is InChI=1S/C16H11F2NO2/c17-12-7-8-14(18)13(10-12)16(21)19-15-6-2-1-4-11(15)5-3-9-20/h1-2,4,6-8,10,20H,9H2,(H,19,21). The van der Waals surface area contributed by atoms with Crippen molar-refractivity contribution in [3.8, 4) is 11.8 Å². The Labute approximate surface area is 120 Å². The first-order valence-electron chi connectivity index (χ1n) is 6.07. The van der Waals surface area contributed by atoms with Gasteiger partial charge in [0.1, 0.15) is 18.2 Å². The molecule has 21 heavy (non-hydrogen) atoms. The van der Waals surface area contributed by atoms with Gasteiger partial charge >= 0.3 is 0 Å². The van der Waals surface area contributed by atoms with Gasteiger partial charge in [-0.25, -0.2) is 8.78 Å². The molecule has 0 spiro atoms. The Bertz CT molecular complexity index is 733. The minimum Gasteiger partial charge on any atom is -0.384 e. The number of aliphatic hydroxyl groups excluding tert-OH is 1. The van der Waals surface area contributed by atoms with Crippen molar-refractivity contribution in [2.75, 3.05) is 11.9 Å². The summed E-state index contributed by atoms with van der Waals surface area (Å²) < 4.78 is 26.6. The van der Waals surface area contributed by atoms with Crippen LogP contribution in [0.1, 0.15) is 15.9 Å². The molecule has 0 aliphatic rings. The first-order chi connectivity index (χ1) is 10.1. The van der Waals surface area contributed by atoms with Crippen LogP contribution in [-0.2, 0) is 0 Å². The van der Waals surface area contributed by atoms with Gasteiger partial charge in [0, 0.05) is 5.56 Å². The number of carbonyl (C=O) groups excluding carboxylic acids is 1. The highest BCUT2D eigenvalue weighted by atomic mass is 19.1. The molecule has 0 heterocycles. The van der Waals surface area contributed by atoms with Crippen molar-refractivity contribution in [3.63, 3.8) is 0 Å². The molecule has 2 aromatic carbocycles. The van der Waals surface area contributed by atoms with E-state index in [1.807, 2.05) is 0 Å². The highest BCUT2D eigenvalue weighted by Gasteiger charge is 2.14. The molecule has 0 radical (unpaired) electrons. The number of benzene rings is 2. The zero-order valence-electron chi connectivity index (χ0n) is 10.9. The fraction of sp³-hybridized carbons (Fsp3) is 0.0625. The monoisotopic (exact) mass is 287 g/mol. The molecule has 5 heteroatoms. The first-order valence-corrected chi connectivity index (χ1v) is 6.07. The number of hydrogen-bond donors (Lipinski definition) is 2. The van der Waals surface area contributed by atoms with E-state index >= 15 is 0 Å². The van der Waals surface area contributed by atoms with Crippen LogP contribution in [0.4, 0.5) is 14.5 Å². The molecule has 106 valence electrons. The third-order valence-electron chi connectivity index (χ3n) is 2.65. The molecule has 0 unspecified atom stereocenters. The first kappa shape index (κ1) is 14.7. The van der Waals surface area contributed by atoms with Crippen LogP contribution in [0.15, 0.2) is 42.5 Å². The zero-order valence-corrected chi connectivity index (χ0v) is 10.9. The van der Waals surface area contributed by atoms with E-state index in [-0.39, 0.29) is 12.2 Å². The summed E-state index contributed by atoms with van der Waals surface area (Å²) in [6.07, 6.45) is 0. The fourth-order valence-electron chi connectivity index (χ4n) is 1.70. The van der Waals surface area contributed by atoms with Crippen LogP contribution in [0.5, 0.6) is 0 Å². The molecule has 2 rings (SSSR count). The minimum atomic E-state index is -0.812. The summed E-state index contributed by atoms with van der Waals surface area (Å²) in [7, 11) is 0. The Kier molecular flexibility index (Phi) is 4.64. The fourth-order valence-corrected chi connectivity index (χ4v) is 1.70. The maximum absolute atomic E-state index is 13.5. The molecule has 1 amide bonds. The lowest BCUT2D eigenvalue weighted by atomic mass is 10.1. The summed E-state index contributed by atoms with van der Waals surface area (Å²) >= 11 is 0. The highest BCUT2D eigenvalue weighted by molar-refractivity contribution is 6.05. The molecular weight excluding hydrogens is 276 g/mol. The van der Waals surface area contributed by atoms with Crippen molar-refractivity contribution in [1.82, 2.24) is 0 Å². The van der Waals surface area contributed by atoms with Gasteiger partial charge in [0.05, 0.1) is 11.3 Å². The van der Waals surface area contributed by atoms with Crippen LogP contribution >= 0.6 is 0 Å². The number of aliphatic hydroxyl groups is 1. The smallest absolute Gasteiger partial charge is 0.258 e. The van der Waals surface area contributed by atoms with Gasteiger partial charge in [-0.1, -0.05) is 24.0 Å². The summed E-state index contributed by atoms with van der Waals surface area (Å²) in [5.41, 5.74) is 0.434. The van der Waals surface area contributed by atoms with Crippen molar-refractivity contribution in [2.45, 2.75) is 0 Å². The minimum absolute atomic E-state index is 0.319. The molecular formula is C16H11F2NO2.